The highest BCUT2D eigenvalue weighted by Crippen LogP contribution is 2.38. The van der Waals surface area contributed by atoms with E-state index in [1.165, 1.54) is 30.5 Å². The summed E-state index contributed by atoms with van der Waals surface area (Å²) in [6.07, 6.45) is 10.2. The van der Waals surface area contributed by atoms with Gasteiger partial charge in [-0.25, -0.2) is 13.2 Å². The largest absolute Gasteiger partial charge is 0.247 e. The number of hydrogen-bond donors (Lipinski definition) is 0. The van der Waals surface area contributed by atoms with Gasteiger partial charge in [-0.1, -0.05) is 36.4 Å². The van der Waals surface area contributed by atoms with Gasteiger partial charge in [0, 0.05) is 0 Å². The second-order valence-corrected chi connectivity index (χ2v) is 7.47. The van der Waals surface area contributed by atoms with E-state index in [9.17, 15) is 13.2 Å². The predicted molar refractivity (Wildman–Crippen MR) is 106 cm³/mol. The fourth-order valence-electron chi connectivity index (χ4n) is 4.09. The van der Waals surface area contributed by atoms with Crippen molar-refractivity contribution in [3.63, 3.8) is 0 Å². The van der Waals surface area contributed by atoms with Crippen molar-refractivity contribution in [2.24, 2.45) is 5.92 Å². The Hall–Kier alpha value is -2.54. The zero-order valence-corrected chi connectivity index (χ0v) is 15.8. The number of nitrogens with zero attached hydrogens (tertiary/aromatic N) is 1. The number of halogens is 3. The SMILES string of the molecule is N#Cc1c(F)cc(-c2ccc(C3CCC(CC/C=C/CF)CC3)cc2)cc1F. The zero-order chi connectivity index (χ0) is 19.9. The molecular formula is C24H24F3N. The van der Waals surface area contributed by atoms with Crippen molar-refractivity contribution in [2.45, 2.75) is 44.4 Å². The number of nitriles is 1. The zero-order valence-electron chi connectivity index (χ0n) is 15.8. The fourth-order valence-corrected chi connectivity index (χ4v) is 4.09. The summed E-state index contributed by atoms with van der Waals surface area (Å²) in [6, 6.07) is 11.8. The molecule has 0 radical (unpaired) electrons. The highest BCUT2D eigenvalue weighted by Gasteiger charge is 2.22. The summed E-state index contributed by atoms with van der Waals surface area (Å²) >= 11 is 0. The van der Waals surface area contributed by atoms with Gasteiger partial charge in [-0.05, 0) is 79.2 Å². The Bertz CT molecular complexity index is 833. The van der Waals surface area contributed by atoms with Gasteiger partial charge in [-0.2, -0.15) is 5.26 Å². The van der Waals surface area contributed by atoms with Crippen LogP contribution in [0.4, 0.5) is 13.2 Å². The molecule has 0 amide bonds. The second-order valence-electron chi connectivity index (χ2n) is 7.47. The molecule has 0 spiro atoms. The summed E-state index contributed by atoms with van der Waals surface area (Å²) in [7, 11) is 0. The first-order chi connectivity index (χ1) is 13.6. The molecule has 0 N–H and O–H groups in total. The van der Waals surface area contributed by atoms with Gasteiger partial charge in [0.2, 0.25) is 0 Å². The average molecular weight is 383 g/mol. The Labute approximate surface area is 164 Å². The topological polar surface area (TPSA) is 23.8 Å². The minimum absolute atomic E-state index is 0.384. The quantitative estimate of drug-likeness (QED) is 0.489. The second kappa shape index (κ2) is 9.59. The van der Waals surface area contributed by atoms with Crippen LogP contribution in [0.3, 0.4) is 0 Å². The summed E-state index contributed by atoms with van der Waals surface area (Å²) in [6.45, 7) is -0.384. The third kappa shape index (κ3) is 4.84. The smallest absolute Gasteiger partial charge is 0.144 e. The molecule has 0 aliphatic heterocycles. The monoisotopic (exact) mass is 383 g/mol. The maximum atomic E-state index is 13.8. The number of rotatable bonds is 6. The summed E-state index contributed by atoms with van der Waals surface area (Å²) in [5.41, 5.74) is 1.89. The van der Waals surface area contributed by atoms with Gasteiger partial charge in [0.1, 0.15) is 29.9 Å². The highest BCUT2D eigenvalue weighted by atomic mass is 19.1. The molecule has 146 valence electrons. The van der Waals surface area contributed by atoms with E-state index in [4.69, 9.17) is 5.26 Å². The first kappa shape index (κ1) is 20.2. The molecule has 0 atom stereocenters. The van der Waals surface area contributed by atoms with Crippen LogP contribution < -0.4 is 0 Å². The van der Waals surface area contributed by atoms with Gasteiger partial charge >= 0.3 is 0 Å². The first-order valence-corrected chi connectivity index (χ1v) is 9.82. The van der Waals surface area contributed by atoms with Crippen molar-refractivity contribution < 1.29 is 13.2 Å². The lowest BCUT2D eigenvalue weighted by molar-refractivity contribution is 0.312. The van der Waals surface area contributed by atoms with Crippen LogP contribution in [0.25, 0.3) is 11.1 Å². The molecule has 0 aromatic heterocycles. The molecule has 3 rings (SSSR count). The lowest BCUT2D eigenvalue weighted by atomic mass is 9.77. The highest BCUT2D eigenvalue weighted by molar-refractivity contribution is 5.65. The molecule has 0 unspecified atom stereocenters. The van der Waals surface area contributed by atoms with Crippen molar-refractivity contribution >= 4 is 0 Å². The van der Waals surface area contributed by atoms with Crippen molar-refractivity contribution in [3.05, 3.63) is 71.3 Å². The van der Waals surface area contributed by atoms with E-state index >= 15 is 0 Å². The normalized spacial score (nSPS) is 19.6. The van der Waals surface area contributed by atoms with Gasteiger partial charge in [-0.15, -0.1) is 0 Å². The lowest BCUT2D eigenvalue weighted by Crippen LogP contribution is -2.13. The van der Waals surface area contributed by atoms with E-state index in [0.717, 1.165) is 31.2 Å². The molecule has 1 aliphatic carbocycles. The third-order valence-electron chi connectivity index (χ3n) is 5.71. The number of alkyl halides is 1. The number of allylic oxidation sites excluding steroid dienone is 2. The molecule has 1 nitrogen and oxygen atoms in total. The molecule has 0 saturated heterocycles. The van der Waals surface area contributed by atoms with Gasteiger partial charge in [0.25, 0.3) is 0 Å². The van der Waals surface area contributed by atoms with Gasteiger partial charge in [-0.3, -0.25) is 0 Å². The van der Waals surface area contributed by atoms with Crippen LogP contribution in [0.2, 0.25) is 0 Å². The Morgan fingerprint density at radius 1 is 0.929 bits per heavy atom. The Kier molecular flexibility index (Phi) is 6.92. The number of benzene rings is 2. The summed E-state index contributed by atoms with van der Waals surface area (Å²) < 4.78 is 39.8. The minimum atomic E-state index is -0.832. The molecule has 28 heavy (non-hydrogen) atoms. The van der Waals surface area contributed by atoms with Crippen molar-refractivity contribution in [2.75, 3.05) is 6.67 Å². The molecular weight excluding hydrogens is 359 g/mol. The molecule has 1 aliphatic rings. The maximum Gasteiger partial charge on any atom is 0.144 e. The molecule has 2 aromatic rings. The minimum Gasteiger partial charge on any atom is -0.247 e. The molecule has 1 fully saturated rings. The van der Waals surface area contributed by atoms with Gasteiger partial charge in [0.05, 0.1) is 0 Å². The van der Waals surface area contributed by atoms with Crippen molar-refractivity contribution in [3.8, 4) is 17.2 Å². The summed E-state index contributed by atoms with van der Waals surface area (Å²) in [5, 5.41) is 8.78. The lowest BCUT2D eigenvalue weighted by Gasteiger charge is -2.28. The summed E-state index contributed by atoms with van der Waals surface area (Å²) in [5.74, 6) is -0.437. The van der Waals surface area contributed by atoms with Crippen molar-refractivity contribution in [1.29, 1.82) is 5.26 Å². The molecule has 1 saturated carbocycles. The van der Waals surface area contributed by atoms with Gasteiger partial charge in [0.15, 0.2) is 0 Å². The van der Waals surface area contributed by atoms with E-state index < -0.39 is 17.2 Å². The van der Waals surface area contributed by atoms with Crippen LogP contribution in [0.1, 0.15) is 55.6 Å². The fraction of sp³-hybridized carbons (Fsp3) is 0.375. The van der Waals surface area contributed by atoms with Crippen LogP contribution in [-0.2, 0) is 0 Å². The van der Waals surface area contributed by atoms with Crippen LogP contribution in [0.15, 0.2) is 48.6 Å². The third-order valence-corrected chi connectivity index (χ3v) is 5.71. The van der Waals surface area contributed by atoms with Crippen LogP contribution in [-0.4, -0.2) is 6.67 Å². The van der Waals surface area contributed by atoms with Gasteiger partial charge < -0.3 is 0 Å². The van der Waals surface area contributed by atoms with E-state index in [-0.39, 0.29) is 6.67 Å². The predicted octanol–water partition coefficient (Wildman–Crippen LogP) is 7.08. The van der Waals surface area contributed by atoms with Crippen LogP contribution in [0.5, 0.6) is 0 Å². The Morgan fingerprint density at radius 3 is 2.14 bits per heavy atom. The molecule has 2 aromatic carbocycles. The molecule has 0 bridgehead atoms. The Morgan fingerprint density at radius 2 is 1.57 bits per heavy atom. The van der Waals surface area contributed by atoms with E-state index in [2.05, 4.69) is 0 Å². The summed E-state index contributed by atoms with van der Waals surface area (Å²) in [4.78, 5) is 0. The molecule has 0 heterocycles. The van der Waals surface area contributed by atoms with E-state index in [1.807, 2.05) is 30.3 Å². The Balaban J connectivity index is 1.61. The van der Waals surface area contributed by atoms with E-state index in [1.54, 1.807) is 12.1 Å². The van der Waals surface area contributed by atoms with Crippen LogP contribution >= 0.6 is 0 Å². The van der Waals surface area contributed by atoms with Crippen LogP contribution in [0, 0.1) is 28.9 Å². The number of hydrogen-bond acceptors (Lipinski definition) is 1. The molecule has 4 heteroatoms. The average Bonchev–Trinajstić information content (AvgIpc) is 2.72. The maximum absolute atomic E-state index is 13.8. The van der Waals surface area contributed by atoms with E-state index in [0.29, 0.717) is 17.4 Å². The first-order valence-electron chi connectivity index (χ1n) is 9.82. The van der Waals surface area contributed by atoms with Crippen molar-refractivity contribution in [1.82, 2.24) is 0 Å². The standard InChI is InChI=1S/C24H24F3N/c25-13-3-1-2-4-17-5-7-18(8-6-17)19-9-11-20(12-10-19)21-14-23(26)22(16-28)24(27)15-21/h1,3,9-12,14-15,17-18H,2,4-8,13H2/b3-1+.